The van der Waals surface area contributed by atoms with Gasteiger partial charge in [-0.2, -0.15) is 0 Å². The Hall–Kier alpha value is -2.24. The zero-order valence-electron chi connectivity index (χ0n) is 14.5. The molecule has 0 fully saturated rings. The van der Waals surface area contributed by atoms with Gasteiger partial charge in [0.15, 0.2) is 12.4 Å². The van der Waals surface area contributed by atoms with E-state index < -0.39 is 30.4 Å². The summed E-state index contributed by atoms with van der Waals surface area (Å²) in [7, 11) is 0. The highest BCUT2D eigenvalue weighted by Crippen LogP contribution is 2.11. The third kappa shape index (κ3) is 6.48. The Morgan fingerprint density at radius 1 is 1.21 bits per heavy atom. The minimum absolute atomic E-state index is 0.0472. The maximum atomic E-state index is 13.1. The van der Waals surface area contributed by atoms with Crippen LogP contribution in [-0.2, 0) is 25.5 Å². The summed E-state index contributed by atoms with van der Waals surface area (Å²) in [6.45, 7) is 6.25. The largest absolute Gasteiger partial charge is 0.455 e. The van der Waals surface area contributed by atoms with Gasteiger partial charge in [0.05, 0.1) is 12.0 Å². The molecule has 132 valence electrons. The number of halogens is 1. The van der Waals surface area contributed by atoms with Crippen LogP contribution in [0.25, 0.3) is 0 Å². The van der Waals surface area contributed by atoms with Gasteiger partial charge in [0.25, 0.3) is 5.91 Å². The van der Waals surface area contributed by atoms with Gasteiger partial charge in [-0.3, -0.25) is 14.4 Å². The van der Waals surface area contributed by atoms with Crippen LogP contribution in [0.1, 0.15) is 33.3 Å². The quantitative estimate of drug-likeness (QED) is 0.739. The van der Waals surface area contributed by atoms with Crippen molar-refractivity contribution < 1.29 is 23.5 Å². The number of rotatable bonds is 8. The highest BCUT2D eigenvalue weighted by atomic mass is 19.1. The molecule has 5 nitrogen and oxygen atoms in total. The maximum absolute atomic E-state index is 13.1. The lowest BCUT2D eigenvalue weighted by molar-refractivity contribution is -0.152. The van der Waals surface area contributed by atoms with E-state index in [0.29, 0.717) is 12.0 Å². The van der Waals surface area contributed by atoms with Crippen LogP contribution in [0.2, 0.25) is 0 Å². The number of esters is 1. The first kappa shape index (κ1) is 19.8. The molecule has 1 aromatic rings. The van der Waals surface area contributed by atoms with Crippen molar-refractivity contribution in [2.24, 2.45) is 11.8 Å². The molecule has 1 N–H and O–H groups in total. The van der Waals surface area contributed by atoms with Gasteiger partial charge in [-0.05, 0) is 37.0 Å². The number of benzene rings is 1. The summed E-state index contributed by atoms with van der Waals surface area (Å²) in [4.78, 5) is 35.2. The summed E-state index contributed by atoms with van der Waals surface area (Å²) in [5, 5.41) is 2.55. The van der Waals surface area contributed by atoms with Crippen molar-refractivity contribution in [1.29, 1.82) is 0 Å². The minimum Gasteiger partial charge on any atom is -0.455 e. The van der Waals surface area contributed by atoms with E-state index in [1.54, 1.807) is 19.1 Å². The third-order valence-electron chi connectivity index (χ3n) is 3.60. The number of amides is 1. The number of carbonyl (C=O) groups excluding carboxylic acids is 3. The molecular formula is C18H24FNO4. The maximum Gasteiger partial charge on any atom is 0.309 e. The molecule has 0 saturated heterocycles. The topological polar surface area (TPSA) is 72.5 Å². The van der Waals surface area contributed by atoms with Crippen LogP contribution in [0.5, 0.6) is 0 Å². The van der Waals surface area contributed by atoms with E-state index in [2.05, 4.69) is 5.32 Å². The van der Waals surface area contributed by atoms with E-state index in [4.69, 9.17) is 4.74 Å². The van der Waals surface area contributed by atoms with Crippen LogP contribution in [0.4, 0.5) is 4.39 Å². The number of Topliss-reactive ketones (excluding diaryl/α,β-unsaturated/α-hetero) is 1. The van der Waals surface area contributed by atoms with Crippen LogP contribution in [-0.4, -0.2) is 30.3 Å². The normalized spacial score (nSPS) is 13.2. The summed E-state index contributed by atoms with van der Waals surface area (Å²) in [6, 6.07) is 5.39. The SMILES string of the molecule is CC(=O)C(NC(=O)COC(=O)C(C)Cc1cccc(F)c1)C(C)C. The Kier molecular flexibility index (Phi) is 7.55. The molecule has 2 atom stereocenters. The van der Waals surface area contributed by atoms with Crippen LogP contribution in [0, 0.1) is 17.7 Å². The zero-order valence-corrected chi connectivity index (χ0v) is 14.5. The summed E-state index contributed by atoms with van der Waals surface area (Å²) in [5.74, 6) is -2.13. The van der Waals surface area contributed by atoms with Gasteiger partial charge in [-0.1, -0.05) is 32.9 Å². The van der Waals surface area contributed by atoms with Crippen molar-refractivity contribution in [3.8, 4) is 0 Å². The number of nitrogens with one attached hydrogen (secondary N) is 1. The molecule has 1 aromatic carbocycles. The van der Waals surface area contributed by atoms with Crippen molar-refractivity contribution in [1.82, 2.24) is 5.32 Å². The van der Waals surface area contributed by atoms with Gasteiger partial charge >= 0.3 is 5.97 Å². The van der Waals surface area contributed by atoms with E-state index in [1.165, 1.54) is 19.1 Å². The minimum atomic E-state index is -0.596. The van der Waals surface area contributed by atoms with E-state index in [0.717, 1.165) is 0 Å². The Bertz CT molecular complexity index is 600. The number of hydrogen-bond acceptors (Lipinski definition) is 4. The lowest BCUT2D eigenvalue weighted by atomic mass is 10.0. The monoisotopic (exact) mass is 337 g/mol. The molecule has 24 heavy (non-hydrogen) atoms. The standard InChI is InChI=1S/C18H24FNO4/c1-11(2)17(13(4)21)20-16(22)10-24-18(23)12(3)8-14-6-5-7-15(19)9-14/h5-7,9,11-12,17H,8,10H2,1-4H3,(H,20,22). The van der Waals surface area contributed by atoms with Crippen LogP contribution >= 0.6 is 0 Å². The average molecular weight is 337 g/mol. The van der Waals surface area contributed by atoms with Crippen LogP contribution in [0.3, 0.4) is 0 Å². The molecule has 0 saturated carbocycles. The Balaban J connectivity index is 2.47. The van der Waals surface area contributed by atoms with Gasteiger partial charge in [0.2, 0.25) is 0 Å². The predicted octanol–water partition coefficient (Wildman–Crippen LogP) is 2.28. The number of hydrogen-bond donors (Lipinski definition) is 1. The van der Waals surface area contributed by atoms with Crippen molar-refractivity contribution in [2.45, 2.75) is 40.2 Å². The fourth-order valence-corrected chi connectivity index (χ4v) is 2.33. The van der Waals surface area contributed by atoms with Gasteiger partial charge in [-0.15, -0.1) is 0 Å². The molecule has 1 rings (SSSR count). The summed E-state index contributed by atoms with van der Waals surface area (Å²) in [6.07, 6.45) is 0.320. The average Bonchev–Trinajstić information content (AvgIpc) is 2.49. The number of carbonyl (C=O) groups is 3. The fraction of sp³-hybridized carbons (Fsp3) is 0.500. The highest BCUT2D eigenvalue weighted by molar-refractivity contribution is 5.88. The lowest BCUT2D eigenvalue weighted by Gasteiger charge is -2.19. The van der Waals surface area contributed by atoms with Crippen molar-refractivity contribution in [2.75, 3.05) is 6.61 Å². The first-order valence-corrected chi connectivity index (χ1v) is 7.91. The van der Waals surface area contributed by atoms with Crippen molar-refractivity contribution in [3.05, 3.63) is 35.6 Å². The first-order valence-electron chi connectivity index (χ1n) is 7.91. The van der Waals surface area contributed by atoms with Crippen molar-refractivity contribution >= 4 is 17.7 Å². The summed E-state index contributed by atoms with van der Waals surface area (Å²) in [5.41, 5.74) is 0.681. The number of ether oxygens (including phenoxy) is 1. The van der Waals surface area contributed by atoms with Crippen LogP contribution < -0.4 is 5.32 Å². The smallest absolute Gasteiger partial charge is 0.309 e. The highest BCUT2D eigenvalue weighted by Gasteiger charge is 2.22. The molecule has 0 spiro atoms. The van der Waals surface area contributed by atoms with E-state index in [9.17, 15) is 18.8 Å². The second-order valence-electron chi connectivity index (χ2n) is 6.24. The Morgan fingerprint density at radius 2 is 1.88 bits per heavy atom. The molecule has 1 amide bonds. The summed E-state index contributed by atoms with van der Waals surface area (Å²) >= 11 is 0. The van der Waals surface area contributed by atoms with Gasteiger partial charge in [0, 0.05) is 0 Å². The molecule has 0 aliphatic heterocycles. The lowest BCUT2D eigenvalue weighted by Crippen LogP contribution is -2.45. The molecule has 0 bridgehead atoms. The Labute approximate surface area is 141 Å². The fourth-order valence-electron chi connectivity index (χ4n) is 2.33. The number of ketones is 1. The van der Waals surface area contributed by atoms with Gasteiger partial charge in [-0.25, -0.2) is 4.39 Å². The molecule has 0 aromatic heterocycles. The third-order valence-corrected chi connectivity index (χ3v) is 3.60. The van der Waals surface area contributed by atoms with Gasteiger partial charge < -0.3 is 10.1 Å². The van der Waals surface area contributed by atoms with E-state index >= 15 is 0 Å². The zero-order chi connectivity index (χ0) is 18.3. The first-order chi connectivity index (χ1) is 11.2. The van der Waals surface area contributed by atoms with Crippen LogP contribution in [0.15, 0.2) is 24.3 Å². The summed E-state index contributed by atoms with van der Waals surface area (Å²) < 4.78 is 18.1. The second kappa shape index (κ2) is 9.15. The molecule has 2 unspecified atom stereocenters. The Morgan fingerprint density at radius 3 is 2.42 bits per heavy atom. The molecule has 0 radical (unpaired) electrons. The molecule has 6 heteroatoms. The van der Waals surface area contributed by atoms with E-state index in [1.807, 2.05) is 13.8 Å². The van der Waals surface area contributed by atoms with Gasteiger partial charge in [0.1, 0.15) is 5.82 Å². The second-order valence-corrected chi connectivity index (χ2v) is 6.24. The molecule has 0 aliphatic carbocycles. The van der Waals surface area contributed by atoms with E-state index in [-0.39, 0.29) is 17.5 Å². The predicted molar refractivity (Wildman–Crippen MR) is 87.7 cm³/mol. The molecule has 0 heterocycles. The molecule has 0 aliphatic rings. The van der Waals surface area contributed by atoms with Crippen molar-refractivity contribution in [3.63, 3.8) is 0 Å². The molecular weight excluding hydrogens is 313 g/mol.